The molecule has 2 aromatic carbocycles. The Morgan fingerprint density at radius 1 is 1.28 bits per heavy atom. The zero-order valence-corrected chi connectivity index (χ0v) is 10.3. The summed E-state index contributed by atoms with van der Waals surface area (Å²) in [5.74, 6) is -0.252. The fraction of sp³-hybridized carbons (Fsp3) is 0.188. The number of hydrogen-bond acceptors (Lipinski definition) is 2. The zero-order chi connectivity index (χ0) is 12.5. The van der Waals surface area contributed by atoms with E-state index in [1.54, 1.807) is 6.08 Å². The molecule has 0 saturated heterocycles. The minimum absolute atomic E-state index is 0.252. The number of benzene rings is 2. The summed E-state index contributed by atoms with van der Waals surface area (Å²) >= 11 is 0. The van der Waals surface area contributed by atoms with E-state index in [0.717, 1.165) is 17.6 Å². The van der Waals surface area contributed by atoms with Gasteiger partial charge < -0.3 is 4.74 Å². The lowest BCUT2D eigenvalue weighted by Gasteiger charge is -2.01. The van der Waals surface area contributed by atoms with Crippen LogP contribution in [0.15, 0.2) is 42.5 Å². The van der Waals surface area contributed by atoms with Gasteiger partial charge in [0.2, 0.25) is 0 Å². The lowest BCUT2D eigenvalue weighted by Crippen LogP contribution is -2.00. The van der Waals surface area contributed by atoms with E-state index >= 15 is 0 Å². The Morgan fingerprint density at radius 2 is 2.06 bits per heavy atom. The second kappa shape index (κ2) is 4.30. The van der Waals surface area contributed by atoms with E-state index in [1.807, 2.05) is 13.0 Å². The van der Waals surface area contributed by atoms with Crippen molar-refractivity contribution in [2.24, 2.45) is 0 Å². The first kappa shape index (κ1) is 11.0. The van der Waals surface area contributed by atoms with E-state index < -0.39 is 0 Å². The van der Waals surface area contributed by atoms with Gasteiger partial charge in [0.25, 0.3) is 0 Å². The lowest BCUT2D eigenvalue weighted by molar-refractivity contribution is -0.137. The predicted molar refractivity (Wildman–Crippen MR) is 72.3 cm³/mol. The van der Waals surface area contributed by atoms with Gasteiger partial charge >= 0.3 is 5.97 Å². The maximum absolute atomic E-state index is 11.6. The van der Waals surface area contributed by atoms with Gasteiger partial charge in [-0.25, -0.2) is 4.79 Å². The third kappa shape index (κ3) is 1.70. The topological polar surface area (TPSA) is 26.3 Å². The molecule has 0 heterocycles. The van der Waals surface area contributed by atoms with Crippen LogP contribution >= 0.6 is 0 Å². The van der Waals surface area contributed by atoms with Gasteiger partial charge in [0.1, 0.15) is 0 Å². The molecule has 0 aliphatic heterocycles. The zero-order valence-electron chi connectivity index (χ0n) is 10.3. The van der Waals surface area contributed by atoms with Crippen LogP contribution in [-0.2, 0) is 16.0 Å². The van der Waals surface area contributed by atoms with Gasteiger partial charge in [0.15, 0.2) is 0 Å². The van der Waals surface area contributed by atoms with Gasteiger partial charge in [0, 0.05) is 6.08 Å². The number of carbonyl (C=O) groups is 1. The van der Waals surface area contributed by atoms with Crippen molar-refractivity contribution in [3.63, 3.8) is 0 Å². The van der Waals surface area contributed by atoms with E-state index in [9.17, 15) is 4.79 Å². The molecule has 0 fully saturated rings. The van der Waals surface area contributed by atoms with E-state index in [-0.39, 0.29) is 5.97 Å². The molecule has 18 heavy (non-hydrogen) atoms. The molecule has 0 amide bonds. The van der Waals surface area contributed by atoms with Crippen molar-refractivity contribution in [2.75, 3.05) is 6.61 Å². The number of hydrogen-bond donors (Lipinski definition) is 0. The van der Waals surface area contributed by atoms with Gasteiger partial charge in [-0.1, -0.05) is 36.4 Å². The minimum Gasteiger partial charge on any atom is -0.463 e. The Hall–Kier alpha value is -2.09. The van der Waals surface area contributed by atoms with Crippen LogP contribution in [0.5, 0.6) is 0 Å². The number of allylic oxidation sites excluding steroid dienone is 1. The quantitative estimate of drug-likeness (QED) is 0.592. The second-order valence-corrected chi connectivity index (χ2v) is 4.42. The second-order valence-electron chi connectivity index (χ2n) is 4.42. The lowest BCUT2D eigenvalue weighted by atomic mass is 10.0. The smallest absolute Gasteiger partial charge is 0.331 e. The highest BCUT2D eigenvalue weighted by atomic mass is 16.5. The van der Waals surface area contributed by atoms with Crippen LogP contribution in [-0.4, -0.2) is 12.6 Å². The number of esters is 1. The van der Waals surface area contributed by atoms with Gasteiger partial charge in [-0.2, -0.15) is 0 Å². The van der Waals surface area contributed by atoms with Crippen molar-refractivity contribution in [3.8, 4) is 0 Å². The van der Waals surface area contributed by atoms with E-state index in [4.69, 9.17) is 4.74 Å². The van der Waals surface area contributed by atoms with Gasteiger partial charge in [-0.3, -0.25) is 0 Å². The third-order valence-electron chi connectivity index (χ3n) is 3.30. The molecular weight excluding hydrogens is 224 g/mol. The van der Waals surface area contributed by atoms with Crippen molar-refractivity contribution in [1.82, 2.24) is 0 Å². The van der Waals surface area contributed by atoms with Gasteiger partial charge in [-0.05, 0) is 40.8 Å². The van der Waals surface area contributed by atoms with E-state index in [0.29, 0.717) is 6.61 Å². The fourth-order valence-electron chi connectivity index (χ4n) is 2.59. The largest absolute Gasteiger partial charge is 0.463 e. The molecule has 0 aromatic heterocycles. The Kier molecular flexibility index (Phi) is 2.63. The molecule has 90 valence electrons. The van der Waals surface area contributed by atoms with Crippen LogP contribution in [0.3, 0.4) is 0 Å². The molecular formula is C16H14O2. The Balaban J connectivity index is 2.11. The normalized spacial score (nSPS) is 15.3. The molecule has 0 atom stereocenters. The van der Waals surface area contributed by atoms with Crippen molar-refractivity contribution < 1.29 is 9.53 Å². The molecule has 1 aliphatic rings. The summed E-state index contributed by atoms with van der Waals surface area (Å²) in [5, 5.41) is 2.51. The van der Waals surface area contributed by atoms with Gasteiger partial charge in [-0.15, -0.1) is 0 Å². The predicted octanol–water partition coefficient (Wildman–Crippen LogP) is 3.34. The molecule has 0 unspecified atom stereocenters. The standard InChI is InChI=1S/C16H14O2/c1-2-18-15(17)10-13-9-12-7-3-5-11-6-4-8-14(13)16(11)12/h3-8,10H,2,9H2,1H3. The summed E-state index contributed by atoms with van der Waals surface area (Å²) < 4.78 is 4.98. The number of rotatable bonds is 2. The molecule has 0 radical (unpaired) electrons. The summed E-state index contributed by atoms with van der Waals surface area (Å²) in [6.45, 7) is 2.24. The minimum atomic E-state index is -0.252. The van der Waals surface area contributed by atoms with Gasteiger partial charge in [0.05, 0.1) is 6.61 Å². The Morgan fingerprint density at radius 3 is 2.83 bits per heavy atom. The third-order valence-corrected chi connectivity index (χ3v) is 3.30. The first-order valence-corrected chi connectivity index (χ1v) is 6.18. The fourth-order valence-corrected chi connectivity index (χ4v) is 2.59. The molecule has 0 spiro atoms. The monoisotopic (exact) mass is 238 g/mol. The summed E-state index contributed by atoms with van der Waals surface area (Å²) in [4.78, 5) is 11.6. The molecule has 2 heteroatoms. The highest BCUT2D eigenvalue weighted by molar-refractivity contribution is 6.05. The number of ether oxygens (including phenoxy) is 1. The summed E-state index contributed by atoms with van der Waals surface area (Å²) in [7, 11) is 0. The maximum atomic E-state index is 11.6. The summed E-state index contributed by atoms with van der Waals surface area (Å²) in [6, 6.07) is 12.5. The molecule has 2 nitrogen and oxygen atoms in total. The van der Waals surface area contributed by atoms with E-state index in [2.05, 4.69) is 30.3 Å². The van der Waals surface area contributed by atoms with E-state index in [1.165, 1.54) is 16.3 Å². The SMILES string of the molecule is CCOC(=O)C=C1Cc2cccc3cccc1c23. The molecule has 2 aromatic rings. The summed E-state index contributed by atoms with van der Waals surface area (Å²) in [5.41, 5.74) is 3.51. The molecule has 1 aliphatic carbocycles. The highest BCUT2D eigenvalue weighted by Gasteiger charge is 2.19. The van der Waals surface area contributed by atoms with Crippen molar-refractivity contribution in [1.29, 1.82) is 0 Å². The van der Waals surface area contributed by atoms with Crippen molar-refractivity contribution in [2.45, 2.75) is 13.3 Å². The van der Waals surface area contributed by atoms with Crippen LogP contribution in [0.1, 0.15) is 18.1 Å². The average molecular weight is 238 g/mol. The van der Waals surface area contributed by atoms with Crippen molar-refractivity contribution in [3.05, 3.63) is 53.6 Å². The van der Waals surface area contributed by atoms with Crippen LogP contribution in [0, 0.1) is 0 Å². The van der Waals surface area contributed by atoms with Crippen LogP contribution < -0.4 is 0 Å². The van der Waals surface area contributed by atoms with Crippen molar-refractivity contribution >= 4 is 22.3 Å². The first-order valence-electron chi connectivity index (χ1n) is 6.18. The summed E-state index contributed by atoms with van der Waals surface area (Å²) in [6.07, 6.45) is 2.44. The van der Waals surface area contributed by atoms with Crippen LogP contribution in [0.4, 0.5) is 0 Å². The Bertz CT molecular complexity index is 648. The molecule has 0 bridgehead atoms. The van der Waals surface area contributed by atoms with Crippen LogP contribution in [0.25, 0.3) is 16.3 Å². The molecule has 0 N–H and O–H groups in total. The maximum Gasteiger partial charge on any atom is 0.331 e. The first-order chi connectivity index (χ1) is 8.79. The number of carbonyl (C=O) groups excluding carboxylic acids is 1. The average Bonchev–Trinajstić information content (AvgIpc) is 2.71. The molecule has 3 rings (SSSR count). The Labute approximate surface area is 106 Å². The molecule has 0 saturated carbocycles. The highest BCUT2D eigenvalue weighted by Crippen LogP contribution is 2.37. The van der Waals surface area contributed by atoms with Crippen LogP contribution in [0.2, 0.25) is 0 Å².